The van der Waals surface area contributed by atoms with Crippen molar-refractivity contribution in [3.05, 3.63) is 41.6 Å². The van der Waals surface area contributed by atoms with Gasteiger partial charge in [-0.1, -0.05) is 18.2 Å². The highest BCUT2D eigenvalue weighted by Crippen LogP contribution is 2.19. The van der Waals surface area contributed by atoms with Crippen molar-refractivity contribution in [2.45, 2.75) is 19.4 Å². The van der Waals surface area contributed by atoms with Crippen LogP contribution in [-0.2, 0) is 17.8 Å². The van der Waals surface area contributed by atoms with Crippen molar-refractivity contribution in [3.8, 4) is 0 Å². The van der Waals surface area contributed by atoms with Gasteiger partial charge in [0.15, 0.2) is 0 Å². The number of para-hydroxylation sites is 1. The highest BCUT2D eigenvalue weighted by Gasteiger charge is 2.04. The fourth-order valence-electron chi connectivity index (χ4n) is 1.97. The second-order valence-corrected chi connectivity index (χ2v) is 4.04. The summed E-state index contributed by atoms with van der Waals surface area (Å²) in [5.41, 5.74) is 2.92. The predicted octanol–water partition coefficient (Wildman–Crippen LogP) is 2.31. The molecule has 0 spiro atoms. The number of fused-ring (bicyclic) bond motifs is 1. The molecular formula is C14H17NO2. The molecule has 0 aliphatic heterocycles. The monoisotopic (exact) mass is 231 g/mol. The zero-order chi connectivity index (χ0) is 12.1. The van der Waals surface area contributed by atoms with Crippen LogP contribution < -0.4 is 0 Å². The van der Waals surface area contributed by atoms with Crippen LogP contribution >= 0.6 is 0 Å². The summed E-state index contributed by atoms with van der Waals surface area (Å²) in [6, 6.07) is 9.89. The van der Waals surface area contributed by atoms with Crippen LogP contribution in [0.15, 0.2) is 30.3 Å². The summed E-state index contributed by atoms with van der Waals surface area (Å²) in [6.07, 6.45) is 1.83. The lowest BCUT2D eigenvalue weighted by atomic mass is 10.1. The van der Waals surface area contributed by atoms with Crippen LogP contribution in [0, 0.1) is 0 Å². The van der Waals surface area contributed by atoms with E-state index >= 15 is 0 Å². The highest BCUT2D eigenvalue weighted by molar-refractivity contribution is 5.82. The predicted molar refractivity (Wildman–Crippen MR) is 67.9 cm³/mol. The number of aromatic nitrogens is 1. The Morgan fingerprint density at radius 1 is 1.29 bits per heavy atom. The third-order valence-corrected chi connectivity index (χ3v) is 2.81. The van der Waals surface area contributed by atoms with Gasteiger partial charge >= 0.3 is 0 Å². The average Bonchev–Trinajstić information content (AvgIpc) is 2.38. The smallest absolute Gasteiger partial charge is 0.0708 e. The van der Waals surface area contributed by atoms with Crippen LogP contribution in [0.3, 0.4) is 0 Å². The molecule has 0 atom stereocenters. The van der Waals surface area contributed by atoms with Crippen LogP contribution in [-0.4, -0.2) is 23.8 Å². The first-order chi connectivity index (χ1) is 8.35. The molecule has 1 heterocycles. The van der Waals surface area contributed by atoms with Gasteiger partial charge in [0.2, 0.25) is 0 Å². The molecule has 3 nitrogen and oxygen atoms in total. The number of pyridine rings is 1. The van der Waals surface area contributed by atoms with Gasteiger partial charge in [0.1, 0.15) is 0 Å². The molecule has 0 radical (unpaired) electrons. The first-order valence-corrected chi connectivity index (χ1v) is 5.82. The highest BCUT2D eigenvalue weighted by atomic mass is 16.5. The number of nitrogens with zero attached hydrogens (tertiary/aromatic N) is 1. The Hall–Kier alpha value is -1.45. The van der Waals surface area contributed by atoms with Gasteiger partial charge in [-0.25, -0.2) is 0 Å². The van der Waals surface area contributed by atoms with Crippen molar-refractivity contribution in [2.75, 3.05) is 13.7 Å². The first-order valence-electron chi connectivity index (χ1n) is 5.82. The number of ether oxygens (including phenoxy) is 1. The molecule has 1 aromatic heterocycles. The maximum atomic E-state index is 9.38. The lowest BCUT2D eigenvalue weighted by molar-refractivity contribution is 0.195. The minimum atomic E-state index is 0.0559. The minimum absolute atomic E-state index is 0.0559. The number of hydrogen-bond acceptors (Lipinski definition) is 3. The van der Waals surface area contributed by atoms with Gasteiger partial charge in [0, 0.05) is 24.8 Å². The first kappa shape index (κ1) is 12.0. The number of rotatable bonds is 5. The summed E-state index contributed by atoms with van der Waals surface area (Å²) >= 11 is 0. The number of aliphatic hydroxyl groups excluding tert-OH is 1. The Balaban J connectivity index is 2.32. The van der Waals surface area contributed by atoms with E-state index in [-0.39, 0.29) is 6.61 Å². The normalized spacial score (nSPS) is 10.9. The van der Waals surface area contributed by atoms with Crippen molar-refractivity contribution in [2.24, 2.45) is 0 Å². The summed E-state index contributed by atoms with van der Waals surface area (Å²) in [5, 5.41) is 10.4. The SMILES string of the molecule is COCCCc1cc(CO)c2ccccc2n1. The molecule has 2 aromatic rings. The number of hydrogen-bond donors (Lipinski definition) is 1. The van der Waals surface area contributed by atoms with Crippen LogP contribution in [0.5, 0.6) is 0 Å². The van der Waals surface area contributed by atoms with Gasteiger partial charge in [-0.3, -0.25) is 4.98 Å². The molecule has 0 bridgehead atoms. The molecule has 1 N–H and O–H groups in total. The van der Waals surface area contributed by atoms with Crippen LogP contribution in [0.25, 0.3) is 10.9 Å². The molecule has 0 unspecified atom stereocenters. The summed E-state index contributed by atoms with van der Waals surface area (Å²) in [4.78, 5) is 4.59. The van der Waals surface area contributed by atoms with Crippen LogP contribution in [0.2, 0.25) is 0 Å². The number of aliphatic hydroxyl groups is 1. The molecule has 1 aromatic carbocycles. The molecule has 0 aliphatic rings. The molecule has 3 heteroatoms. The Kier molecular flexibility index (Phi) is 4.07. The standard InChI is InChI=1S/C14H17NO2/c1-17-8-4-5-12-9-11(10-16)13-6-2-3-7-14(13)15-12/h2-3,6-7,9,16H,4-5,8,10H2,1H3. The summed E-state index contributed by atoms with van der Waals surface area (Å²) in [5.74, 6) is 0. The number of benzene rings is 1. The van der Waals surface area contributed by atoms with Gasteiger partial charge in [-0.2, -0.15) is 0 Å². The summed E-state index contributed by atoms with van der Waals surface area (Å²) in [7, 11) is 1.70. The molecule has 2 rings (SSSR count). The Bertz CT molecular complexity index is 497. The molecule has 0 amide bonds. The van der Waals surface area contributed by atoms with Gasteiger partial charge < -0.3 is 9.84 Å². The third-order valence-electron chi connectivity index (χ3n) is 2.81. The topological polar surface area (TPSA) is 42.4 Å². The van der Waals surface area contributed by atoms with Gasteiger partial charge in [0.05, 0.1) is 12.1 Å². The molecule has 90 valence electrons. The maximum Gasteiger partial charge on any atom is 0.0708 e. The molecule has 17 heavy (non-hydrogen) atoms. The van der Waals surface area contributed by atoms with Crippen molar-refractivity contribution in [3.63, 3.8) is 0 Å². The van der Waals surface area contributed by atoms with Crippen LogP contribution in [0.4, 0.5) is 0 Å². The molecule has 0 saturated heterocycles. The Morgan fingerprint density at radius 3 is 2.88 bits per heavy atom. The lowest BCUT2D eigenvalue weighted by Crippen LogP contribution is -1.98. The fourth-order valence-corrected chi connectivity index (χ4v) is 1.97. The molecule has 0 fully saturated rings. The van der Waals surface area contributed by atoms with Crippen LogP contribution in [0.1, 0.15) is 17.7 Å². The van der Waals surface area contributed by atoms with E-state index in [0.717, 1.165) is 41.6 Å². The Labute approximate surface area is 101 Å². The zero-order valence-corrected chi connectivity index (χ0v) is 10.0. The van der Waals surface area contributed by atoms with E-state index in [9.17, 15) is 5.11 Å². The quantitative estimate of drug-likeness (QED) is 0.803. The van der Waals surface area contributed by atoms with Crippen molar-refractivity contribution >= 4 is 10.9 Å². The van der Waals surface area contributed by atoms with Crippen molar-refractivity contribution in [1.82, 2.24) is 4.98 Å². The summed E-state index contributed by atoms with van der Waals surface area (Å²) < 4.78 is 5.03. The average molecular weight is 231 g/mol. The van der Waals surface area contributed by atoms with E-state index in [1.165, 1.54) is 0 Å². The second-order valence-electron chi connectivity index (χ2n) is 4.04. The lowest BCUT2D eigenvalue weighted by Gasteiger charge is -2.07. The van der Waals surface area contributed by atoms with E-state index in [4.69, 9.17) is 4.74 Å². The van der Waals surface area contributed by atoms with E-state index in [0.29, 0.717) is 0 Å². The van der Waals surface area contributed by atoms with E-state index in [2.05, 4.69) is 4.98 Å². The summed E-state index contributed by atoms with van der Waals surface area (Å²) in [6.45, 7) is 0.795. The van der Waals surface area contributed by atoms with E-state index in [1.54, 1.807) is 7.11 Å². The molecule has 0 saturated carbocycles. The second kappa shape index (κ2) is 5.75. The van der Waals surface area contributed by atoms with Crippen molar-refractivity contribution in [1.29, 1.82) is 0 Å². The van der Waals surface area contributed by atoms with Gasteiger partial charge in [-0.15, -0.1) is 0 Å². The Morgan fingerprint density at radius 2 is 2.12 bits per heavy atom. The molecule has 0 aliphatic carbocycles. The largest absolute Gasteiger partial charge is 0.392 e. The number of methoxy groups -OCH3 is 1. The fraction of sp³-hybridized carbons (Fsp3) is 0.357. The van der Waals surface area contributed by atoms with Crippen molar-refractivity contribution < 1.29 is 9.84 Å². The number of aryl methyl sites for hydroxylation is 1. The third kappa shape index (κ3) is 2.81. The maximum absolute atomic E-state index is 9.38. The van der Waals surface area contributed by atoms with Gasteiger partial charge in [0.25, 0.3) is 0 Å². The minimum Gasteiger partial charge on any atom is -0.392 e. The van der Waals surface area contributed by atoms with Gasteiger partial charge in [-0.05, 0) is 30.5 Å². The van der Waals surface area contributed by atoms with E-state index in [1.807, 2.05) is 30.3 Å². The molecular weight excluding hydrogens is 214 g/mol. The zero-order valence-electron chi connectivity index (χ0n) is 10.0. The van der Waals surface area contributed by atoms with E-state index < -0.39 is 0 Å².